The zero-order valence-electron chi connectivity index (χ0n) is 13.5. The highest BCUT2D eigenvalue weighted by Gasteiger charge is 2.16. The Bertz CT molecular complexity index is 1010. The molecule has 3 heterocycles. The first-order valence-electron chi connectivity index (χ1n) is 7.90. The van der Waals surface area contributed by atoms with Gasteiger partial charge in [0.25, 0.3) is 0 Å². The van der Waals surface area contributed by atoms with E-state index in [1.54, 1.807) is 24.2 Å². The van der Waals surface area contributed by atoms with Gasteiger partial charge in [0.15, 0.2) is 16.7 Å². The van der Waals surface area contributed by atoms with E-state index in [-0.39, 0.29) is 0 Å². The molecule has 0 fully saturated rings. The third-order valence-corrected chi connectivity index (χ3v) is 5.28. The molecule has 0 saturated carbocycles. The number of hydrogen-bond acceptors (Lipinski definition) is 5. The van der Waals surface area contributed by atoms with Crippen molar-refractivity contribution >= 4 is 34.3 Å². The molecule has 1 aromatic carbocycles. The van der Waals surface area contributed by atoms with Gasteiger partial charge in [-0.1, -0.05) is 29.4 Å². The second-order valence-corrected chi connectivity index (χ2v) is 6.77. The molecule has 0 radical (unpaired) electrons. The topological polar surface area (TPSA) is 56.7 Å². The lowest BCUT2D eigenvalue weighted by Crippen LogP contribution is -1.99. The van der Waals surface area contributed by atoms with Crippen LogP contribution in [0.3, 0.4) is 0 Å². The highest BCUT2D eigenvalue weighted by atomic mass is 35.5. The molecule has 4 rings (SSSR count). The second-order valence-electron chi connectivity index (χ2n) is 5.42. The molecule has 0 aliphatic carbocycles. The van der Waals surface area contributed by atoms with Crippen LogP contribution in [0.5, 0.6) is 0 Å². The highest BCUT2D eigenvalue weighted by Crippen LogP contribution is 2.30. The van der Waals surface area contributed by atoms with Crippen molar-refractivity contribution in [3.8, 4) is 11.6 Å². The van der Waals surface area contributed by atoms with Gasteiger partial charge in [-0.25, -0.2) is 0 Å². The van der Waals surface area contributed by atoms with E-state index in [1.165, 1.54) is 0 Å². The molecular weight excluding hydrogens is 356 g/mol. The van der Waals surface area contributed by atoms with Gasteiger partial charge in [-0.3, -0.25) is 9.55 Å². The zero-order chi connectivity index (χ0) is 17.2. The Morgan fingerprint density at radius 2 is 2.08 bits per heavy atom. The first-order chi connectivity index (χ1) is 12.3. The van der Waals surface area contributed by atoms with Gasteiger partial charge in [-0.15, -0.1) is 10.2 Å². The van der Waals surface area contributed by atoms with E-state index >= 15 is 0 Å². The molecule has 3 aromatic heterocycles. The van der Waals surface area contributed by atoms with E-state index in [1.807, 2.05) is 36.4 Å². The summed E-state index contributed by atoms with van der Waals surface area (Å²) in [4.78, 5) is 4.49. The largest absolute Gasteiger partial charge is 0.461 e. The van der Waals surface area contributed by atoms with Crippen molar-refractivity contribution in [1.29, 1.82) is 0 Å². The molecular formula is C18H15ClN4OS. The van der Waals surface area contributed by atoms with Crippen LogP contribution in [0, 0.1) is 0 Å². The number of pyridine rings is 1. The van der Waals surface area contributed by atoms with Crippen molar-refractivity contribution in [2.75, 3.05) is 0 Å². The fraction of sp³-hybridized carbons (Fsp3) is 0.167. The smallest absolute Gasteiger partial charge is 0.200 e. The number of thioether (sulfide) groups is 1. The normalized spacial score (nSPS) is 11.3. The lowest BCUT2D eigenvalue weighted by Gasteiger charge is -2.08. The van der Waals surface area contributed by atoms with E-state index in [9.17, 15) is 0 Å². The van der Waals surface area contributed by atoms with E-state index in [0.29, 0.717) is 5.02 Å². The Kier molecular flexibility index (Phi) is 4.46. The summed E-state index contributed by atoms with van der Waals surface area (Å²) >= 11 is 7.90. The van der Waals surface area contributed by atoms with Gasteiger partial charge < -0.3 is 4.42 Å². The molecule has 0 aliphatic heterocycles. The summed E-state index contributed by atoms with van der Waals surface area (Å²) in [5.41, 5.74) is 2.05. The number of benzene rings is 1. The SMILES string of the molecule is CCn1c(SCc2ccc(Cl)c3cccnc23)nnc1-c1ccco1. The maximum Gasteiger partial charge on any atom is 0.200 e. The number of rotatable bonds is 5. The Labute approximate surface area is 154 Å². The van der Waals surface area contributed by atoms with E-state index < -0.39 is 0 Å². The molecule has 5 nitrogen and oxygen atoms in total. The minimum Gasteiger partial charge on any atom is -0.461 e. The molecule has 0 spiro atoms. The molecule has 7 heteroatoms. The first kappa shape index (κ1) is 16.2. The molecule has 0 atom stereocenters. The minimum atomic E-state index is 0.716. The molecule has 126 valence electrons. The third kappa shape index (κ3) is 3.03. The van der Waals surface area contributed by atoms with E-state index in [2.05, 4.69) is 26.7 Å². The lowest BCUT2D eigenvalue weighted by atomic mass is 10.1. The molecule has 0 amide bonds. The standard InChI is InChI=1S/C18H15ClN4OS/c1-2-23-17(15-6-4-10-24-15)21-22-18(23)25-11-12-7-8-14(19)13-5-3-9-20-16(12)13/h3-10H,2,11H2,1H3. The van der Waals surface area contributed by atoms with E-state index in [4.69, 9.17) is 16.0 Å². The van der Waals surface area contributed by atoms with Gasteiger partial charge in [0.1, 0.15) is 0 Å². The number of furan rings is 1. The summed E-state index contributed by atoms with van der Waals surface area (Å²) < 4.78 is 7.50. The predicted molar refractivity (Wildman–Crippen MR) is 99.7 cm³/mol. The molecule has 0 aliphatic rings. The van der Waals surface area contributed by atoms with Crippen LogP contribution >= 0.6 is 23.4 Å². The Morgan fingerprint density at radius 1 is 1.16 bits per heavy atom. The van der Waals surface area contributed by atoms with Crippen LogP contribution in [0.4, 0.5) is 0 Å². The summed E-state index contributed by atoms with van der Waals surface area (Å²) in [5, 5.41) is 11.1. The second kappa shape index (κ2) is 6.90. The number of nitrogens with zero attached hydrogens (tertiary/aromatic N) is 4. The number of fused-ring (bicyclic) bond motifs is 1. The lowest BCUT2D eigenvalue weighted by molar-refractivity contribution is 0.567. The monoisotopic (exact) mass is 370 g/mol. The van der Waals surface area contributed by atoms with Crippen LogP contribution in [0.25, 0.3) is 22.5 Å². The maximum absolute atomic E-state index is 6.27. The summed E-state index contributed by atoms with van der Waals surface area (Å²) in [5.74, 6) is 2.20. The van der Waals surface area contributed by atoms with Crippen LogP contribution in [-0.4, -0.2) is 19.7 Å². The summed E-state index contributed by atoms with van der Waals surface area (Å²) in [6.07, 6.45) is 3.43. The van der Waals surface area contributed by atoms with Crippen molar-refractivity contribution < 1.29 is 4.42 Å². The Balaban J connectivity index is 1.64. The molecule has 25 heavy (non-hydrogen) atoms. The van der Waals surface area contributed by atoms with Gasteiger partial charge in [-0.05, 0) is 42.8 Å². The molecule has 0 saturated heterocycles. The molecule has 0 N–H and O–H groups in total. The fourth-order valence-electron chi connectivity index (χ4n) is 2.72. The van der Waals surface area contributed by atoms with Crippen LogP contribution in [-0.2, 0) is 12.3 Å². The molecule has 0 unspecified atom stereocenters. The minimum absolute atomic E-state index is 0.716. The summed E-state index contributed by atoms with van der Waals surface area (Å²) in [6.45, 7) is 2.84. The Hall–Kier alpha value is -2.31. The zero-order valence-corrected chi connectivity index (χ0v) is 15.1. The third-order valence-electron chi connectivity index (χ3n) is 3.93. The highest BCUT2D eigenvalue weighted by molar-refractivity contribution is 7.98. The molecule has 4 aromatic rings. The number of halogens is 1. The van der Waals surface area contributed by atoms with Gasteiger partial charge in [-0.2, -0.15) is 0 Å². The first-order valence-corrected chi connectivity index (χ1v) is 9.26. The number of hydrogen-bond donors (Lipinski definition) is 0. The van der Waals surface area contributed by atoms with Gasteiger partial charge in [0.2, 0.25) is 0 Å². The van der Waals surface area contributed by atoms with Gasteiger partial charge in [0, 0.05) is 28.9 Å². The van der Waals surface area contributed by atoms with Crippen molar-refractivity contribution in [3.63, 3.8) is 0 Å². The van der Waals surface area contributed by atoms with Crippen LogP contribution in [0.1, 0.15) is 12.5 Å². The maximum atomic E-state index is 6.27. The van der Waals surface area contributed by atoms with Crippen molar-refractivity contribution in [3.05, 3.63) is 59.4 Å². The quantitative estimate of drug-likeness (QED) is 0.460. The Morgan fingerprint density at radius 3 is 2.88 bits per heavy atom. The predicted octanol–water partition coefficient (Wildman–Crippen LogP) is 5.05. The van der Waals surface area contributed by atoms with Crippen LogP contribution in [0.2, 0.25) is 5.02 Å². The summed E-state index contributed by atoms with van der Waals surface area (Å²) in [6, 6.07) is 11.6. The van der Waals surface area contributed by atoms with Gasteiger partial charge >= 0.3 is 0 Å². The van der Waals surface area contributed by atoms with Gasteiger partial charge in [0.05, 0.1) is 11.8 Å². The average molecular weight is 371 g/mol. The summed E-state index contributed by atoms with van der Waals surface area (Å²) in [7, 11) is 0. The van der Waals surface area contributed by atoms with Crippen molar-refractivity contribution in [2.45, 2.75) is 24.4 Å². The van der Waals surface area contributed by atoms with Crippen LogP contribution < -0.4 is 0 Å². The molecule has 0 bridgehead atoms. The fourth-order valence-corrected chi connectivity index (χ4v) is 3.93. The average Bonchev–Trinajstić information content (AvgIpc) is 3.30. The van der Waals surface area contributed by atoms with Crippen molar-refractivity contribution in [1.82, 2.24) is 19.7 Å². The van der Waals surface area contributed by atoms with E-state index in [0.717, 1.165) is 45.5 Å². The van der Waals surface area contributed by atoms with Crippen LogP contribution in [0.15, 0.2) is 58.4 Å². The van der Waals surface area contributed by atoms with Crippen molar-refractivity contribution in [2.24, 2.45) is 0 Å². The number of aromatic nitrogens is 4.